The van der Waals surface area contributed by atoms with Gasteiger partial charge in [0.2, 0.25) is 0 Å². The molecule has 2 nitrogen and oxygen atoms in total. The summed E-state index contributed by atoms with van der Waals surface area (Å²) in [6, 6.07) is 26.4. The van der Waals surface area contributed by atoms with Gasteiger partial charge in [0, 0.05) is 36.1 Å². The topological polar surface area (TPSA) is 25.8 Å². The molecule has 2 aromatic carbocycles. The van der Waals surface area contributed by atoms with E-state index in [4.69, 9.17) is 0 Å². The maximum Gasteiger partial charge on any atom is 0.0348 e. The molecule has 0 aliphatic heterocycles. The Hall–Kier alpha value is -2.40. The molecule has 2 aromatic heterocycles. The molecule has 0 saturated heterocycles. The lowest BCUT2D eigenvalue weighted by Crippen LogP contribution is -2.45. The third-order valence-corrected chi connectivity index (χ3v) is 11.7. The highest BCUT2D eigenvalue weighted by Gasteiger charge is 2.49. The van der Waals surface area contributed by atoms with Gasteiger partial charge in [-0.25, -0.2) is 0 Å². The van der Waals surface area contributed by atoms with E-state index in [0.29, 0.717) is 0 Å². The van der Waals surface area contributed by atoms with Crippen molar-refractivity contribution >= 4 is 27.8 Å². The fourth-order valence-corrected chi connectivity index (χ4v) is 7.87. The van der Waals surface area contributed by atoms with E-state index in [-0.39, 0.29) is 16.0 Å². The van der Waals surface area contributed by atoms with Gasteiger partial charge in [0.05, 0.1) is 0 Å². The summed E-state index contributed by atoms with van der Waals surface area (Å²) >= 11 is 0. The van der Waals surface area contributed by atoms with Crippen molar-refractivity contribution in [1.82, 2.24) is 9.97 Å². The van der Waals surface area contributed by atoms with Gasteiger partial charge in [-0.1, -0.05) is 102 Å². The molecule has 0 spiro atoms. The van der Waals surface area contributed by atoms with Gasteiger partial charge in [0.25, 0.3) is 0 Å². The molecule has 2 heterocycles. The monoisotopic (exact) mass is 512 g/mol. The standard InChI is InChI=1S/C32H38N2P2/c1-30(2,3)32(35,31(4,5)6)29-17-16-25(24-12-8-7-9-13-24)20-26(29)23-36(27-14-10-18-33-21-27)28-15-11-19-34-22-28/h7-22H,23,35H2,1-6H3. The Morgan fingerprint density at radius 2 is 1.22 bits per heavy atom. The molecule has 1 atom stereocenters. The molecule has 0 radical (unpaired) electrons. The van der Waals surface area contributed by atoms with Crippen LogP contribution in [0.1, 0.15) is 52.7 Å². The minimum absolute atomic E-state index is 0.0320. The number of aromatic nitrogens is 2. The molecule has 4 heteroatoms. The van der Waals surface area contributed by atoms with Crippen LogP contribution in [-0.2, 0) is 11.3 Å². The highest BCUT2D eigenvalue weighted by molar-refractivity contribution is 7.72. The molecule has 0 N–H and O–H groups in total. The van der Waals surface area contributed by atoms with Crippen molar-refractivity contribution < 1.29 is 0 Å². The van der Waals surface area contributed by atoms with Crippen LogP contribution in [0.3, 0.4) is 0 Å². The highest BCUT2D eigenvalue weighted by atomic mass is 31.1. The number of benzene rings is 2. The van der Waals surface area contributed by atoms with E-state index >= 15 is 0 Å². The van der Waals surface area contributed by atoms with E-state index in [9.17, 15) is 0 Å². The molecule has 4 aromatic rings. The Bertz CT molecular complexity index is 1220. The molecule has 0 saturated carbocycles. The van der Waals surface area contributed by atoms with E-state index in [2.05, 4.69) is 121 Å². The van der Waals surface area contributed by atoms with E-state index in [1.807, 2.05) is 36.9 Å². The number of nitrogens with zero attached hydrogens (tertiary/aromatic N) is 2. The van der Waals surface area contributed by atoms with Crippen molar-refractivity contribution in [1.29, 1.82) is 0 Å². The zero-order chi connectivity index (χ0) is 26.0. The first-order chi connectivity index (χ1) is 17.0. The summed E-state index contributed by atoms with van der Waals surface area (Å²) in [7, 11) is 2.62. The summed E-state index contributed by atoms with van der Waals surface area (Å²) in [5.41, 5.74) is 5.38. The number of hydrogen-bond donors (Lipinski definition) is 0. The predicted molar refractivity (Wildman–Crippen MR) is 161 cm³/mol. The van der Waals surface area contributed by atoms with Crippen LogP contribution in [0.2, 0.25) is 0 Å². The molecular weight excluding hydrogens is 474 g/mol. The predicted octanol–water partition coefficient (Wildman–Crippen LogP) is 7.94. The van der Waals surface area contributed by atoms with Gasteiger partial charge in [-0.15, -0.1) is 9.24 Å². The zero-order valence-electron chi connectivity index (χ0n) is 22.4. The molecule has 0 aliphatic rings. The summed E-state index contributed by atoms with van der Waals surface area (Å²) in [6.07, 6.45) is 8.70. The molecule has 0 aliphatic carbocycles. The van der Waals surface area contributed by atoms with Crippen LogP contribution in [0.15, 0.2) is 97.6 Å². The van der Waals surface area contributed by atoms with Crippen molar-refractivity contribution in [3.63, 3.8) is 0 Å². The van der Waals surface area contributed by atoms with Crippen LogP contribution in [0.5, 0.6) is 0 Å². The van der Waals surface area contributed by atoms with Gasteiger partial charge in [-0.05, 0) is 63.7 Å². The average Bonchev–Trinajstić information content (AvgIpc) is 2.87. The van der Waals surface area contributed by atoms with E-state index in [1.165, 1.54) is 32.9 Å². The fourth-order valence-electron chi connectivity index (χ4n) is 5.38. The summed E-state index contributed by atoms with van der Waals surface area (Å²) in [5, 5.41) is 2.42. The second-order valence-corrected chi connectivity index (χ2v) is 14.6. The van der Waals surface area contributed by atoms with Gasteiger partial charge < -0.3 is 0 Å². The molecule has 36 heavy (non-hydrogen) atoms. The Morgan fingerprint density at radius 3 is 1.69 bits per heavy atom. The molecule has 1 unspecified atom stereocenters. The Morgan fingerprint density at radius 1 is 0.667 bits per heavy atom. The molecule has 0 fully saturated rings. The fraction of sp³-hybridized carbons (Fsp3) is 0.312. The third kappa shape index (κ3) is 5.32. The molecule has 4 rings (SSSR count). The van der Waals surface area contributed by atoms with Crippen LogP contribution in [-0.4, -0.2) is 9.97 Å². The van der Waals surface area contributed by atoms with Crippen LogP contribution in [0.4, 0.5) is 0 Å². The summed E-state index contributed by atoms with van der Waals surface area (Å²) in [6.45, 7) is 14.2. The number of pyridine rings is 2. The van der Waals surface area contributed by atoms with Crippen molar-refractivity contribution in [3.05, 3.63) is 109 Å². The minimum Gasteiger partial charge on any atom is -0.264 e. The molecule has 186 valence electrons. The second kappa shape index (κ2) is 10.5. The second-order valence-electron chi connectivity index (χ2n) is 11.6. The SMILES string of the molecule is CC(C)(C)C(P)(c1ccc(-c2ccccc2)cc1CP(c1cccnc1)c1cccnc1)C(C)(C)C. The first-order valence-corrected chi connectivity index (χ1v) is 14.7. The Kier molecular flexibility index (Phi) is 7.80. The molecule has 0 amide bonds. The minimum atomic E-state index is -0.678. The largest absolute Gasteiger partial charge is 0.264 e. The first-order valence-electron chi connectivity index (χ1n) is 12.6. The molecule has 0 bridgehead atoms. The Balaban J connectivity index is 1.95. The molecular formula is C32H38N2P2. The summed E-state index contributed by atoms with van der Waals surface area (Å²) < 4.78 is 0. The van der Waals surface area contributed by atoms with Crippen molar-refractivity contribution in [2.45, 2.75) is 52.9 Å². The van der Waals surface area contributed by atoms with Gasteiger partial charge >= 0.3 is 0 Å². The lowest BCUT2D eigenvalue weighted by Gasteiger charge is -2.52. The van der Waals surface area contributed by atoms with Crippen LogP contribution >= 0.6 is 17.2 Å². The zero-order valence-corrected chi connectivity index (χ0v) is 24.4. The summed E-state index contributed by atoms with van der Waals surface area (Å²) in [5.74, 6) is 0. The van der Waals surface area contributed by atoms with Crippen molar-refractivity contribution in [2.75, 3.05) is 0 Å². The maximum atomic E-state index is 4.48. The first kappa shape index (κ1) is 26.7. The van der Waals surface area contributed by atoms with Crippen molar-refractivity contribution in [3.8, 4) is 11.1 Å². The summed E-state index contributed by atoms with van der Waals surface area (Å²) in [4.78, 5) is 8.96. The third-order valence-electron chi connectivity index (χ3n) is 7.25. The van der Waals surface area contributed by atoms with Crippen molar-refractivity contribution in [2.24, 2.45) is 10.8 Å². The highest BCUT2D eigenvalue weighted by Crippen LogP contribution is 2.59. The van der Waals surface area contributed by atoms with E-state index in [0.717, 1.165) is 6.16 Å². The van der Waals surface area contributed by atoms with Gasteiger partial charge in [-0.3, -0.25) is 9.97 Å². The maximum absolute atomic E-state index is 4.48. The lowest BCUT2D eigenvalue weighted by molar-refractivity contribution is 0.139. The van der Waals surface area contributed by atoms with Gasteiger partial charge in [0.15, 0.2) is 0 Å². The van der Waals surface area contributed by atoms with Gasteiger partial charge in [-0.2, -0.15) is 0 Å². The van der Waals surface area contributed by atoms with E-state index in [1.54, 1.807) is 0 Å². The van der Waals surface area contributed by atoms with Gasteiger partial charge in [0.1, 0.15) is 0 Å². The quantitative estimate of drug-likeness (QED) is 0.245. The lowest BCUT2D eigenvalue weighted by atomic mass is 9.61. The number of hydrogen-bond acceptors (Lipinski definition) is 2. The Labute approximate surface area is 221 Å². The van der Waals surface area contributed by atoms with Crippen LogP contribution in [0.25, 0.3) is 11.1 Å². The van der Waals surface area contributed by atoms with Crippen LogP contribution < -0.4 is 10.6 Å². The average molecular weight is 513 g/mol. The smallest absolute Gasteiger partial charge is 0.0348 e. The van der Waals surface area contributed by atoms with E-state index < -0.39 is 7.92 Å². The number of rotatable bonds is 6. The van der Waals surface area contributed by atoms with Crippen LogP contribution in [0, 0.1) is 10.8 Å². The normalized spacial score (nSPS) is 12.7.